The maximum atomic E-state index is 11.6. The topological polar surface area (TPSA) is 110 Å². The quantitative estimate of drug-likeness (QED) is 0.185. The summed E-state index contributed by atoms with van der Waals surface area (Å²) in [4.78, 5) is 15.8. The molecule has 0 atom stereocenters. The van der Waals surface area contributed by atoms with Gasteiger partial charge >= 0.3 is 5.97 Å². The smallest absolute Gasteiger partial charge is 0.306 e. The van der Waals surface area contributed by atoms with E-state index in [4.69, 9.17) is 15.7 Å². The van der Waals surface area contributed by atoms with Crippen molar-refractivity contribution in [1.29, 1.82) is 0 Å². The first-order valence-electron chi connectivity index (χ1n) is 7.13. The fraction of sp³-hybridized carbons (Fsp3) is 0.533. The lowest BCUT2D eigenvalue weighted by atomic mass is 10.2. The van der Waals surface area contributed by atoms with Gasteiger partial charge < -0.3 is 21.0 Å². The monoisotopic (exact) mass is 308 g/mol. The summed E-state index contributed by atoms with van der Waals surface area (Å²) in [7, 11) is 0. The Hall–Kier alpha value is -2.31. The number of esters is 1. The van der Waals surface area contributed by atoms with Crippen molar-refractivity contribution >= 4 is 17.6 Å². The molecule has 4 N–H and O–H groups in total. The van der Waals surface area contributed by atoms with Gasteiger partial charge in [0.05, 0.1) is 0 Å². The van der Waals surface area contributed by atoms with Crippen LogP contribution in [0.5, 0.6) is 0 Å². The maximum absolute atomic E-state index is 11.6. The van der Waals surface area contributed by atoms with Crippen LogP contribution in [-0.2, 0) is 9.53 Å². The highest BCUT2D eigenvalue weighted by atomic mass is 16.6. The van der Waals surface area contributed by atoms with Crippen molar-refractivity contribution < 1.29 is 14.7 Å². The van der Waals surface area contributed by atoms with Gasteiger partial charge in [0.15, 0.2) is 5.84 Å². The third-order valence-electron chi connectivity index (χ3n) is 2.75. The standard InChI is InChI=1S/C15H24N4O3/c1-10-8-11(13(16)19-21)9-18-14(10)17-7-5-6-12(20)22-15(2,3)4/h8-9,21H,5-7H2,1-4H3,(H2,16,19)(H,17,18). The van der Waals surface area contributed by atoms with Gasteiger partial charge in [0, 0.05) is 24.7 Å². The van der Waals surface area contributed by atoms with E-state index in [-0.39, 0.29) is 11.8 Å². The molecule has 1 aromatic heterocycles. The Labute approximate surface area is 130 Å². The number of hydrogen-bond donors (Lipinski definition) is 3. The molecule has 22 heavy (non-hydrogen) atoms. The number of anilines is 1. The minimum absolute atomic E-state index is 0.0204. The number of hydrogen-bond acceptors (Lipinski definition) is 6. The molecule has 122 valence electrons. The largest absolute Gasteiger partial charge is 0.460 e. The van der Waals surface area contributed by atoms with E-state index in [1.807, 2.05) is 27.7 Å². The van der Waals surface area contributed by atoms with Crippen molar-refractivity contribution in [2.75, 3.05) is 11.9 Å². The SMILES string of the molecule is Cc1cc(/C(N)=N/O)cnc1NCCCC(=O)OC(C)(C)C. The van der Waals surface area contributed by atoms with E-state index < -0.39 is 5.60 Å². The first-order valence-corrected chi connectivity index (χ1v) is 7.13. The van der Waals surface area contributed by atoms with Crippen LogP contribution in [-0.4, -0.2) is 34.1 Å². The number of carbonyl (C=O) groups is 1. The molecule has 1 rings (SSSR count). The molecule has 0 unspecified atom stereocenters. The number of oxime groups is 1. The molecule has 0 bridgehead atoms. The van der Waals surface area contributed by atoms with Crippen molar-refractivity contribution in [2.24, 2.45) is 10.9 Å². The van der Waals surface area contributed by atoms with Gasteiger partial charge in [-0.3, -0.25) is 4.79 Å². The molecule has 0 aliphatic carbocycles. The summed E-state index contributed by atoms with van der Waals surface area (Å²) in [6.45, 7) is 8.02. The molecule has 0 aromatic carbocycles. The zero-order chi connectivity index (χ0) is 16.8. The van der Waals surface area contributed by atoms with E-state index in [1.54, 1.807) is 6.07 Å². The highest BCUT2D eigenvalue weighted by Gasteiger charge is 2.15. The van der Waals surface area contributed by atoms with Crippen LogP contribution in [0.1, 0.15) is 44.7 Å². The number of pyridine rings is 1. The van der Waals surface area contributed by atoms with Crippen LogP contribution in [0.3, 0.4) is 0 Å². The van der Waals surface area contributed by atoms with Crippen LogP contribution in [0.15, 0.2) is 17.4 Å². The third-order valence-corrected chi connectivity index (χ3v) is 2.75. The number of ether oxygens (including phenoxy) is 1. The summed E-state index contributed by atoms with van der Waals surface area (Å²) in [5, 5.41) is 14.7. The predicted molar refractivity (Wildman–Crippen MR) is 85.1 cm³/mol. The normalized spacial score (nSPS) is 12.1. The van der Waals surface area contributed by atoms with Crippen LogP contribution < -0.4 is 11.1 Å². The first kappa shape index (κ1) is 17.7. The Balaban J connectivity index is 2.44. The van der Waals surface area contributed by atoms with Gasteiger partial charge in [-0.25, -0.2) is 4.98 Å². The Morgan fingerprint density at radius 3 is 2.73 bits per heavy atom. The third kappa shape index (κ3) is 5.99. The lowest BCUT2D eigenvalue weighted by Gasteiger charge is -2.19. The van der Waals surface area contributed by atoms with Crippen molar-refractivity contribution in [3.05, 3.63) is 23.4 Å². The van der Waals surface area contributed by atoms with Crippen LogP contribution in [0.25, 0.3) is 0 Å². The molecule has 0 aliphatic rings. The summed E-state index contributed by atoms with van der Waals surface area (Å²) in [6, 6.07) is 1.78. The molecule has 0 aliphatic heterocycles. The molecule has 1 aromatic rings. The van der Waals surface area contributed by atoms with E-state index in [0.29, 0.717) is 30.8 Å². The number of rotatable bonds is 6. The van der Waals surface area contributed by atoms with Crippen LogP contribution in [0.4, 0.5) is 5.82 Å². The Morgan fingerprint density at radius 2 is 2.18 bits per heavy atom. The predicted octanol–water partition coefficient (Wildman–Crippen LogP) is 2.02. The number of aryl methyl sites for hydroxylation is 1. The van der Waals surface area contributed by atoms with Gasteiger partial charge in [-0.1, -0.05) is 5.16 Å². The number of nitrogens with zero attached hydrogens (tertiary/aromatic N) is 2. The van der Waals surface area contributed by atoms with Crippen molar-refractivity contribution in [1.82, 2.24) is 4.98 Å². The average Bonchev–Trinajstić information content (AvgIpc) is 2.42. The van der Waals surface area contributed by atoms with Gasteiger partial charge in [-0.05, 0) is 45.7 Å². The minimum atomic E-state index is -0.452. The van der Waals surface area contributed by atoms with Crippen LogP contribution in [0, 0.1) is 6.92 Å². The van der Waals surface area contributed by atoms with E-state index >= 15 is 0 Å². The molecular weight excluding hydrogens is 284 g/mol. The zero-order valence-corrected chi connectivity index (χ0v) is 13.5. The molecular formula is C15H24N4O3. The number of aromatic nitrogens is 1. The fourth-order valence-corrected chi connectivity index (χ4v) is 1.79. The van der Waals surface area contributed by atoms with Crippen molar-refractivity contribution in [3.8, 4) is 0 Å². The lowest BCUT2D eigenvalue weighted by Crippen LogP contribution is -2.24. The lowest BCUT2D eigenvalue weighted by molar-refractivity contribution is -0.154. The zero-order valence-electron chi connectivity index (χ0n) is 13.5. The highest BCUT2D eigenvalue weighted by Crippen LogP contribution is 2.13. The highest BCUT2D eigenvalue weighted by molar-refractivity contribution is 5.97. The maximum Gasteiger partial charge on any atom is 0.306 e. The van der Waals surface area contributed by atoms with Gasteiger partial charge in [0.25, 0.3) is 0 Å². The molecule has 0 fully saturated rings. The number of carbonyl (C=O) groups excluding carboxylic acids is 1. The summed E-state index contributed by atoms with van der Waals surface area (Å²) in [5.74, 6) is 0.520. The van der Waals surface area contributed by atoms with E-state index in [2.05, 4.69) is 15.5 Å². The van der Waals surface area contributed by atoms with E-state index in [1.165, 1.54) is 6.20 Å². The Morgan fingerprint density at radius 1 is 1.50 bits per heavy atom. The first-order chi connectivity index (χ1) is 10.2. The number of amidine groups is 1. The molecule has 7 heteroatoms. The summed E-state index contributed by atoms with van der Waals surface area (Å²) >= 11 is 0. The summed E-state index contributed by atoms with van der Waals surface area (Å²) in [5.41, 5.74) is 6.49. The molecule has 7 nitrogen and oxygen atoms in total. The number of nitrogens with one attached hydrogen (secondary N) is 1. The second-order valence-corrected chi connectivity index (χ2v) is 5.99. The Bertz CT molecular complexity index is 550. The van der Waals surface area contributed by atoms with Gasteiger partial charge in [0.2, 0.25) is 0 Å². The second kappa shape index (κ2) is 7.63. The number of nitrogens with two attached hydrogens (primary N) is 1. The van der Waals surface area contributed by atoms with Gasteiger partial charge in [-0.15, -0.1) is 0 Å². The second-order valence-electron chi connectivity index (χ2n) is 5.99. The molecule has 0 amide bonds. The average molecular weight is 308 g/mol. The fourth-order valence-electron chi connectivity index (χ4n) is 1.79. The summed E-state index contributed by atoms with van der Waals surface area (Å²) in [6.07, 6.45) is 2.53. The molecule has 0 saturated heterocycles. The van der Waals surface area contributed by atoms with Crippen LogP contribution in [0.2, 0.25) is 0 Å². The Kier molecular flexibility index (Phi) is 6.15. The van der Waals surface area contributed by atoms with Crippen LogP contribution >= 0.6 is 0 Å². The molecule has 0 radical (unpaired) electrons. The van der Waals surface area contributed by atoms with Crippen molar-refractivity contribution in [3.63, 3.8) is 0 Å². The summed E-state index contributed by atoms with van der Waals surface area (Å²) < 4.78 is 5.24. The molecule has 0 saturated carbocycles. The van der Waals surface area contributed by atoms with Gasteiger partial charge in [0.1, 0.15) is 11.4 Å². The van der Waals surface area contributed by atoms with Crippen molar-refractivity contribution in [2.45, 2.75) is 46.1 Å². The molecule has 0 spiro atoms. The van der Waals surface area contributed by atoms with E-state index in [0.717, 1.165) is 5.56 Å². The van der Waals surface area contributed by atoms with Gasteiger partial charge in [-0.2, -0.15) is 0 Å². The van der Waals surface area contributed by atoms with E-state index in [9.17, 15) is 4.79 Å². The molecule has 1 heterocycles. The minimum Gasteiger partial charge on any atom is -0.460 e.